The fraction of sp³-hybridized carbons (Fsp3) is 0.556. The van der Waals surface area contributed by atoms with Crippen LogP contribution in [0, 0.1) is 0 Å². The van der Waals surface area contributed by atoms with Crippen LogP contribution in [-0.2, 0) is 10.9 Å². The molecular weight excluding hydrogens is 241 g/mol. The maximum absolute atomic E-state index is 12.4. The zero-order chi connectivity index (χ0) is 13.2. The van der Waals surface area contributed by atoms with Crippen LogP contribution >= 0.6 is 0 Å². The van der Waals surface area contributed by atoms with Gasteiger partial charge in [0.15, 0.2) is 5.69 Å². The van der Waals surface area contributed by atoms with Crippen molar-refractivity contribution in [2.75, 3.05) is 6.61 Å². The Morgan fingerprint density at radius 3 is 2.65 bits per heavy atom. The summed E-state index contributed by atoms with van der Waals surface area (Å²) in [6.45, 7) is 3.30. The van der Waals surface area contributed by atoms with Crippen molar-refractivity contribution < 1.29 is 27.8 Å². The van der Waals surface area contributed by atoms with Gasteiger partial charge < -0.3 is 9.84 Å². The van der Waals surface area contributed by atoms with E-state index >= 15 is 0 Å². The van der Waals surface area contributed by atoms with Gasteiger partial charge in [0.25, 0.3) is 0 Å². The Labute approximate surface area is 94.8 Å². The van der Waals surface area contributed by atoms with E-state index in [9.17, 15) is 18.0 Å². The summed E-state index contributed by atoms with van der Waals surface area (Å²) >= 11 is 0. The Morgan fingerprint density at radius 1 is 1.65 bits per heavy atom. The topological polar surface area (TPSA) is 64.4 Å². The second kappa shape index (κ2) is 4.74. The average molecular weight is 252 g/mol. The molecule has 0 aliphatic heterocycles. The summed E-state index contributed by atoms with van der Waals surface area (Å²) in [6, 6.07) is 0.484. The molecule has 8 heteroatoms. The van der Waals surface area contributed by atoms with Gasteiger partial charge in [-0.15, -0.1) is 0 Å². The summed E-state index contributed by atoms with van der Waals surface area (Å²) in [7, 11) is 0. The lowest BCUT2D eigenvalue weighted by molar-refractivity contribution is -0.142. The molecule has 0 bridgehead atoms. The minimum Gasteiger partial charge on any atom is -0.477 e. The van der Waals surface area contributed by atoms with Crippen molar-refractivity contribution in [3.8, 4) is 0 Å². The lowest BCUT2D eigenvalue weighted by Gasteiger charge is -2.13. The van der Waals surface area contributed by atoms with Gasteiger partial charge in [0.1, 0.15) is 11.9 Å². The highest BCUT2D eigenvalue weighted by atomic mass is 19.4. The predicted molar refractivity (Wildman–Crippen MR) is 50.5 cm³/mol. The normalized spacial score (nSPS) is 13.7. The van der Waals surface area contributed by atoms with E-state index in [1.54, 1.807) is 6.92 Å². The number of ether oxygens (including phenoxy) is 1. The number of carboxylic acid groups (broad SMARTS) is 1. The number of rotatable bonds is 4. The van der Waals surface area contributed by atoms with E-state index in [1.807, 2.05) is 0 Å². The zero-order valence-electron chi connectivity index (χ0n) is 9.15. The van der Waals surface area contributed by atoms with Crippen molar-refractivity contribution in [2.24, 2.45) is 0 Å². The Hall–Kier alpha value is -1.57. The number of hydrogen-bond acceptors (Lipinski definition) is 3. The predicted octanol–water partition coefficient (Wildman–Crippen LogP) is 2.16. The van der Waals surface area contributed by atoms with Crippen LogP contribution in [0.2, 0.25) is 0 Å². The van der Waals surface area contributed by atoms with Gasteiger partial charge in [-0.2, -0.15) is 18.3 Å². The Morgan fingerprint density at radius 2 is 2.24 bits per heavy atom. The van der Waals surface area contributed by atoms with Gasteiger partial charge >= 0.3 is 12.1 Å². The highest BCUT2D eigenvalue weighted by molar-refractivity contribution is 5.85. The average Bonchev–Trinajstić information content (AvgIpc) is 2.61. The van der Waals surface area contributed by atoms with Crippen LogP contribution in [0.4, 0.5) is 13.2 Å². The van der Waals surface area contributed by atoms with Gasteiger partial charge in [-0.25, -0.2) is 9.48 Å². The molecule has 1 aromatic rings. The lowest BCUT2D eigenvalue weighted by atomic mass is 10.3. The molecule has 17 heavy (non-hydrogen) atoms. The van der Waals surface area contributed by atoms with E-state index < -0.39 is 29.8 Å². The van der Waals surface area contributed by atoms with Gasteiger partial charge in [0, 0.05) is 12.7 Å². The summed E-state index contributed by atoms with van der Waals surface area (Å²) in [5.41, 5.74) is -1.81. The molecule has 0 fully saturated rings. The first kappa shape index (κ1) is 13.5. The lowest BCUT2D eigenvalue weighted by Crippen LogP contribution is -2.17. The highest BCUT2D eigenvalue weighted by Crippen LogP contribution is 2.29. The van der Waals surface area contributed by atoms with Crippen molar-refractivity contribution in [3.05, 3.63) is 17.5 Å². The third-order valence-electron chi connectivity index (χ3n) is 2.00. The maximum Gasteiger partial charge on any atom is 0.435 e. The van der Waals surface area contributed by atoms with E-state index in [-0.39, 0.29) is 6.61 Å². The quantitative estimate of drug-likeness (QED) is 0.891. The molecule has 1 aromatic heterocycles. The van der Waals surface area contributed by atoms with Crippen molar-refractivity contribution in [3.63, 3.8) is 0 Å². The molecule has 0 aliphatic carbocycles. The molecule has 1 unspecified atom stereocenters. The van der Waals surface area contributed by atoms with Crippen LogP contribution in [0.15, 0.2) is 6.07 Å². The molecule has 1 rings (SSSR count). The summed E-state index contributed by atoms with van der Waals surface area (Å²) in [5.74, 6) is -1.49. The van der Waals surface area contributed by atoms with Crippen LogP contribution in [0.25, 0.3) is 0 Å². The SMILES string of the molecule is CCOC(C)n1nc(C(F)(F)F)cc1C(=O)O. The fourth-order valence-corrected chi connectivity index (χ4v) is 1.28. The molecule has 0 radical (unpaired) electrons. The molecule has 1 N–H and O–H groups in total. The first-order valence-electron chi connectivity index (χ1n) is 4.79. The Balaban J connectivity index is 3.19. The monoisotopic (exact) mass is 252 g/mol. The molecule has 0 spiro atoms. The number of nitrogens with zero attached hydrogens (tertiary/aromatic N) is 2. The Bertz CT molecular complexity index is 414. The van der Waals surface area contributed by atoms with E-state index in [1.165, 1.54) is 6.92 Å². The second-order valence-electron chi connectivity index (χ2n) is 3.22. The van der Waals surface area contributed by atoms with Crippen LogP contribution in [0.3, 0.4) is 0 Å². The molecule has 96 valence electrons. The minimum absolute atomic E-state index is 0.238. The minimum atomic E-state index is -4.68. The third kappa shape index (κ3) is 2.96. The number of aromatic nitrogens is 2. The van der Waals surface area contributed by atoms with Crippen LogP contribution in [-0.4, -0.2) is 27.5 Å². The van der Waals surface area contributed by atoms with Crippen molar-refractivity contribution in [1.29, 1.82) is 0 Å². The number of carbonyl (C=O) groups is 1. The molecule has 0 aromatic carbocycles. The largest absolute Gasteiger partial charge is 0.477 e. The third-order valence-corrected chi connectivity index (χ3v) is 2.00. The summed E-state index contributed by atoms with van der Waals surface area (Å²) in [6.07, 6.45) is -5.55. The van der Waals surface area contributed by atoms with E-state index in [0.717, 1.165) is 0 Å². The summed E-state index contributed by atoms with van der Waals surface area (Å²) in [5, 5.41) is 12.0. The van der Waals surface area contributed by atoms with Crippen molar-refractivity contribution in [1.82, 2.24) is 9.78 Å². The van der Waals surface area contributed by atoms with Gasteiger partial charge in [-0.05, 0) is 13.8 Å². The molecular formula is C9H11F3N2O3. The number of halogens is 3. The zero-order valence-corrected chi connectivity index (χ0v) is 9.15. The molecule has 1 heterocycles. The first-order valence-corrected chi connectivity index (χ1v) is 4.79. The van der Waals surface area contributed by atoms with Gasteiger partial charge in [-0.1, -0.05) is 0 Å². The maximum atomic E-state index is 12.4. The summed E-state index contributed by atoms with van der Waals surface area (Å²) < 4.78 is 42.9. The van der Waals surface area contributed by atoms with Crippen molar-refractivity contribution >= 4 is 5.97 Å². The van der Waals surface area contributed by atoms with Gasteiger partial charge in [0.2, 0.25) is 0 Å². The number of carboxylic acids is 1. The Kier molecular flexibility index (Phi) is 3.76. The van der Waals surface area contributed by atoms with Crippen LogP contribution in [0.1, 0.15) is 36.3 Å². The molecule has 1 atom stereocenters. The van der Waals surface area contributed by atoms with Crippen molar-refractivity contribution in [2.45, 2.75) is 26.3 Å². The molecule has 0 saturated heterocycles. The molecule has 0 amide bonds. The second-order valence-corrected chi connectivity index (χ2v) is 3.22. The molecule has 0 saturated carbocycles. The number of hydrogen-bond donors (Lipinski definition) is 1. The molecule has 0 aliphatic rings. The van der Waals surface area contributed by atoms with Crippen LogP contribution in [0.5, 0.6) is 0 Å². The summed E-state index contributed by atoms with van der Waals surface area (Å²) in [4.78, 5) is 10.8. The number of aromatic carboxylic acids is 1. The number of alkyl halides is 3. The van der Waals surface area contributed by atoms with E-state index in [4.69, 9.17) is 9.84 Å². The van der Waals surface area contributed by atoms with Crippen LogP contribution < -0.4 is 0 Å². The van der Waals surface area contributed by atoms with Gasteiger partial charge in [-0.3, -0.25) is 0 Å². The van der Waals surface area contributed by atoms with Gasteiger partial charge in [0.05, 0.1) is 0 Å². The smallest absolute Gasteiger partial charge is 0.435 e. The first-order chi connectivity index (χ1) is 7.77. The standard InChI is InChI=1S/C9H11F3N2O3/c1-3-17-5(2)14-6(8(15)16)4-7(13-14)9(10,11)12/h4-5H,3H2,1-2H3,(H,15,16). The highest BCUT2D eigenvalue weighted by Gasteiger charge is 2.36. The molecule has 5 nitrogen and oxygen atoms in total. The fourth-order valence-electron chi connectivity index (χ4n) is 1.28. The van der Waals surface area contributed by atoms with E-state index in [0.29, 0.717) is 10.7 Å². The van der Waals surface area contributed by atoms with E-state index in [2.05, 4.69) is 5.10 Å².